The van der Waals surface area contributed by atoms with Gasteiger partial charge in [0.05, 0.1) is 11.2 Å². The van der Waals surface area contributed by atoms with E-state index in [9.17, 15) is 8.42 Å². The maximum atomic E-state index is 12.0. The van der Waals surface area contributed by atoms with Gasteiger partial charge in [0.25, 0.3) is 10.0 Å². The summed E-state index contributed by atoms with van der Waals surface area (Å²) in [5.41, 5.74) is 5.83. The highest BCUT2D eigenvalue weighted by molar-refractivity contribution is 7.89. The van der Waals surface area contributed by atoms with Crippen LogP contribution in [-0.4, -0.2) is 30.8 Å². The van der Waals surface area contributed by atoms with Gasteiger partial charge in [-0.05, 0) is 18.8 Å². The summed E-state index contributed by atoms with van der Waals surface area (Å²) in [5.74, 6) is 0.444. The first-order chi connectivity index (χ1) is 7.92. The number of nitrogens with one attached hydrogen (secondary N) is 1. The summed E-state index contributed by atoms with van der Waals surface area (Å²) in [6.45, 7) is 0.231. The number of aromatic nitrogens is 2. The number of aryl methyl sites for hydroxylation is 1. The summed E-state index contributed by atoms with van der Waals surface area (Å²) >= 11 is 5.79. The fourth-order valence-corrected chi connectivity index (χ4v) is 3.39. The van der Waals surface area contributed by atoms with Crippen LogP contribution >= 0.6 is 24.0 Å². The van der Waals surface area contributed by atoms with Crippen molar-refractivity contribution in [2.75, 3.05) is 6.54 Å². The molecule has 1 aromatic heterocycles. The second-order valence-corrected chi connectivity index (χ2v) is 6.36. The van der Waals surface area contributed by atoms with Crippen molar-refractivity contribution >= 4 is 34.0 Å². The molecule has 1 aliphatic rings. The van der Waals surface area contributed by atoms with E-state index in [2.05, 4.69) is 9.82 Å². The lowest BCUT2D eigenvalue weighted by Gasteiger charge is -2.12. The molecule has 1 unspecified atom stereocenters. The summed E-state index contributed by atoms with van der Waals surface area (Å²) in [4.78, 5) is 0. The molecule has 104 valence electrons. The Kier molecular flexibility index (Phi) is 5.02. The van der Waals surface area contributed by atoms with Crippen LogP contribution in [0.25, 0.3) is 0 Å². The molecule has 1 fully saturated rings. The number of nitrogens with two attached hydrogens (primary N) is 1. The van der Waals surface area contributed by atoms with Crippen LogP contribution in [0.4, 0.5) is 0 Å². The Morgan fingerprint density at radius 3 is 2.72 bits per heavy atom. The highest BCUT2D eigenvalue weighted by Crippen LogP contribution is 2.31. The molecule has 6 nitrogen and oxygen atoms in total. The van der Waals surface area contributed by atoms with E-state index in [0.29, 0.717) is 5.92 Å². The number of sulfonamides is 1. The van der Waals surface area contributed by atoms with Gasteiger partial charge in [-0.15, -0.1) is 12.4 Å². The summed E-state index contributed by atoms with van der Waals surface area (Å²) < 4.78 is 27.6. The third kappa shape index (κ3) is 3.36. The molecular formula is C9H16Cl2N4O2S. The van der Waals surface area contributed by atoms with E-state index in [1.54, 1.807) is 0 Å². The first-order valence-electron chi connectivity index (χ1n) is 5.34. The Morgan fingerprint density at radius 2 is 2.28 bits per heavy atom. The minimum atomic E-state index is -3.64. The molecule has 1 aromatic rings. The zero-order valence-corrected chi connectivity index (χ0v) is 12.2. The third-order valence-electron chi connectivity index (χ3n) is 2.83. The molecule has 0 saturated heterocycles. The van der Waals surface area contributed by atoms with E-state index < -0.39 is 10.0 Å². The van der Waals surface area contributed by atoms with Gasteiger partial charge in [0.2, 0.25) is 0 Å². The molecular weight excluding hydrogens is 299 g/mol. The van der Waals surface area contributed by atoms with Crippen LogP contribution in [0.15, 0.2) is 11.2 Å². The van der Waals surface area contributed by atoms with Crippen LogP contribution in [-0.2, 0) is 17.1 Å². The first-order valence-corrected chi connectivity index (χ1v) is 7.20. The first kappa shape index (κ1) is 15.7. The predicted octanol–water partition coefficient (Wildman–Crippen LogP) is 0.511. The summed E-state index contributed by atoms with van der Waals surface area (Å²) in [5, 5.41) is 3.88. The molecule has 9 heteroatoms. The molecule has 0 aromatic carbocycles. The fraction of sp³-hybridized carbons (Fsp3) is 0.667. The molecule has 1 saturated carbocycles. The van der Waals surface area contributed by atoms with Crippen LogP contribution in [0.3, 0.4) is 0 Å². The van der Waals surface area contributed by atoms with Crippen molar-refractivity contribution in [2.24, 2.45) is 18.7 Å². The minimum Gasteiger partial charge on any atom is -0.326 e. The Hall–Kier alpha value is -0.340. The topological polar surface area (TPSA) is 90.0 Å². The quantitative estimate of drug-likeness (QED) is 0.828. The molecule has 3 N–H and O–H groups in total. The standard InChI is InChI=1S/C9H15ClN4O2S.ClH/c1-14-9(7(10)4-12-14)17(15,16)13-5-8(11)6-2-3-6;/h4,6,8,13H,2-3,5,11H2,1H3;1H. The van der Waals surface area contributed by atoms with E-state index in [0.717, 1.165) is 12.8 Å². The van der Waals surface area contributed by atoms with Gasteiger partial charge in [0, 0.05) is 19.6 Å². The molecule has 1 heterocycles. The van der Waals surface area contributed by atoms with Crippen molar-refractivity contribution in [1.29, 1.82) is 0 Å². The lowest BCUT2D eigenvalue weighted by atomic mass is 10.2. The minimum absolute atomic E-state index is 0. The highest BCUT2D eigenvalue weighted by Gasteiger charge is 2.30. The molecule has 0 spiro atoms. The number of hydrogen-bond donors (Lipinski definition) is 2. The summed E-state index contributed by atoms with van der Waals surface area (Å²) in [6.07, 6.45) is 3.46. The zero-order valence-electron chi connectivity index (χ0n) is 9.84. The zero-order chi connectivity index (χ0) is 12.6. The molecule has 2 rings (SSSR count). The van der Waals surface area contributed by atoms with Crippen molar-refractivity contribution in [3.05, 3.63) is 11.2 Å². The smallest absolute Gasteiger partial charge is 0.259 e. The maximum Gasteiger partial charge on any atom is 0.259 e. The number of halogens is 2. The largest absolute Gasteiger partial charge is 0.326 e. The lowest BCUT2D eigenvalue weighted by molar-refractivity contribution is 0.537. The maximum absolute atomic E-state index is 12.0. The molecule has 0 radical (unpaired) electrons. The summed E-state index contributed by atoms with van der Waals surface area (Å²) in [7, 11) is -2.11. The second-order valence-electron chi connectivity index (χ2n) is 4.27. The van der Waals surface area contributed by atoms with Crippen molar-refractivity contribution in [1.82, 2.24) is 14.5 Å². The Morgan fingerprint density at radius 1 is 1.67 bits per heavy atom. The average Bonchev–Trinajstić information content (AvgIpc) is 3.02. The van der Waals surface area contributed by atoms with E-state index in [4.69, 9.17) is 17.3 Å². The van der Waals surface area contributed by atoms with Crippen molar-refractivity contribution in [2.45, 2.75) is 23.9 Å². The van der Waals surface area contributed by atoms with Gasteiger partial charge in [0.1, 0.15) is 0 Å². The highest BCUT2D eigenvalue weighted by atomic mass is 35.5. The molecule has 0 aliphatic heterocycles. The SMILES string of the molecule is Cl.Cn1ncc(Cl)c1S(=O)(=O)NCC(N)C1CC1. The Balaban J connectivity index is 0.00000162. The van der Waals surface area contributed by atoms with Gasteiger partial charge in [-0.1, -0.05) is 11.6 Å². The Bertz CT molecular complexity index is 493. The van der Waals surface area contributed by atoms with Crippen LogP contribution in [0, 0.1) is 5.92 Å². The number of nitrogens with zero attached hydrogens (tertiary/aromatic N) is 2. The number of rotatable bonds is 5. The molecule has 18 heavy (non-hydrogen) atoms. The predicted molar refractivity (Wildman–Crippen MR) is 71.4 cm³/mol. The fourth-order valence-electron chi connectivity index (χ4n) is 1.67. The van der Waals surface area contributed by atoms with Crippen LogP contribution in [0.2, 0.25) is 5.02 Å². The average molecular weight is 315 g/mol. The van der Waals surface area contributed by atoms with E-state index >= 15 is 0 Å². The van der Waals surface area contributed by atoms with Gasteiger partial charge < -0.3 is 5.73 Å². The molecule has 0 amide bonds. The third-order valence-corrected chi connectivity index (χ3v) is 4.76. The monoisotopic (exact) mass is 314 g/mol. The van der Waals surface area contributed by atoms with Crippen LogP contribution < -0.4 is 10.5 Å². The lowest BCUT2D eigenvalue weighted by Crippen LogP contribution is -2.39. The van der Waals surface area contributed by atoms with Gasteiger partial charge in [-0.2, -0.15) is 5.10 Å². The van der Waals surface area contributed by atoms with Crippen LogP contribution in [0.5, 0.6) is 0 Å². The van der Waals surface area contributed by atoms with Crippen molar-refractivity contribution in [3.63, 3.8) is 0 Å². The van der Waals surface area contributed by atoms with Crippen molar-refractivity contribution < 1.29 is 8.42 Å². The molecule has 0 bridgehead atoms. The van der Waals surface area contributed by atoms with Gasteiger partial charge in [-0.3, -0.25) is 4.68 Å². The van der Waals surface area contributed by atoms with Crippen molar-refractivity contribution in [3.8, 4) is 0 Å². The van der Waals surface area contributed by atoms with Gasteiger partial charge >= 0.3 is 0 Å². The molecule has 1 atom stereocenters. The summed E-state index contributed by atoms with van der Waals surface area (Å²) in [6, 6.07) is -0.128. The normalized spacial score (nSPS) is 17.3. The Labute approximate surface area is 117 Å². The van der Waals surface area contributed by atoms with Gasteiger partial charge in [-0.25, -0.2) is 13.1 Å². The second kappa shape index (κ2) is 5.75. The van der Waals surface area contributed by atoms with E-state index in [1.807, 2.05) is 0 Å². The van der Waals surface area contributed by atoms with Gasteiger partial charge in [0.15, 0.2) is 5.03 Å². The van der Waals surface area contributed by atoms with Crippen LogP contribution in [0.1, 0.15) is 12.8 Å². The van der Waals surface area contributed by atoms with E-state index in [1.165, 1.54) is 17.9 Å². The number of hydrogen-bond acceptors (Lipinski definition) is 4. The van der Waals surface area contributed by atoms with E-state index in [-0.39, 0.29) is 35.0 Å². The molecule has 1 aliphatic carbocycles.